The number of carbonyl (C=O) groups excluding carboxylic acids is 1. The van der Waals surface area contributed by atoms with Gasteiger partial charge in [0.25, 0.3) is 0 Å². The van der Waals surface area contributed by atoms with E-state index in [4.69, 9.17) is 0 Å². The summed E-state index contributed by atoms with van der Waals surface area (Å²) in [5, 5.41) is 6.12. The van der Waals surface area contributed by atoms with Crippen molar-refractivity contribution in [3.05, 3.63) is 28.7 Å². The third kappa shape index (κ3) is 3.56. The minimum absolute atomic E-state index is 0.00447. The molecule has 2 rings (SSSR count). The Labute approximate surface area is 116 Å². The Balaban J connectivity index is 1.74. The second kappa shape index (κ2) is 5.85. The quantitative estimate of drug-likeness (QED) is 0.877. The molecule has 0 atom stereocenters. The van der Waals surface area contributed by atoms with Crippen LogP contribution in [0.1, 0.15) is 26.2 Å². The first-order valence-corrected chi connectivity index (χ1v) is 7.13. The molecule has 0 aromatic heterocycles. The highest BCUT2D eigenvalue weighted by Gasteiger charge is 2.31. The molecule has 0 aliphatic heterocycles. The standard InChI is InChI=1S/C14H19BrN2O/c1-14(7-4-8-14)10-16-9-13(18)17-12-6-3-2-5-11(12)15/h2-3,5-6,16H,4,7-10H2,1H3,(H,17,18). The van der Waals surface area contributed by atoms with Crippen molar-refractivity contribution >= 4 is 27.5 Å². The van der Waals surface area contributed by atoms with Gasteiger partial charge in [0.2, 0.25) is 5.91 Å². The van der Waals surface area contributed by atoms with Crippen molar-refractivity contribution in [2.75, 3.05) is 18.4 Å². The summed E-state index contributed by atoms with van der Waals surface area (Å²) in [6.45, 7) is 3.57. The van der Waals surface area contributed by atoms with Crippen LogP contribution in [0, 0.1) is 5.41 Å². The van der Waals surface area contributed by atoms with Gasteiger partial charge in [-0.15, -0.1) is 0 Å². The molecule has 0 saturated heterocycles. The minimum Gasteiger partial charge on any atom is -0.324 e. The van der Waals surface area contributed by atoms with Crippen LogP contribution in [0.3, 0.4) is 0 Å². The van der Waals surface area contributed by atoms with Gasteiger partial charge in [-0.1, -0.05) is 25.5 Å². The predicted molar refractivity (Wildman–Crippen MR) is 77.6 cm³/mol. The van der Waals surface area contributed by atoms with E-state index in [1.54, 1.807) is 0 Å². The maximum absolute atomic E-state index is 11.8. The van der Waals surface area contributed by atoms with Gasteiger partial charge in [0.05, 0.1) is 12.2 Å². The highest BCUT2D eigenvalue weighted by Crippen LogP contribution is 2.39. The van der Waals surface area contributed by atoms with E-state index < -0.39 is 0 Å². The summed E-state index contributed by atoms with van der Waals surface area (Å²) >= 11 is 3.41. The lowest BCUT2D eigenvalue weighted by atomic mass is 9.70. The number of benzene rings is 1. The average Bonchev–Trinajstić information content (AvgIpc) is 2.30. The molecule has 0 bridgehead atoms. The molecule has 18 heavy (non-hydrogen) atoms. The lowest BCUT2D eigenvalue weighted by Gasteiger charge is -2.38. The summed E-state index contributed by atoms with van der Waals surface area (Å²) in [6.07, 6.45) is 3.86. The smallest absolute Gasteiger partial charge is 0.238 e. The lowest BCUT2D eigenvalue weighted by molar-refractivity contribution is -0.115. The monoisotopic (exact) mass is 310 g/mol. The topological polar surface area (TPSA) is 41.1 Å². The first kappa shape index (κ1) is 13.6. The van der Waals surface area contributed by atoms with Gasteiger partial charge < -0.3 is 10.6 Å². The van der Waals surface area contributed by atoms with Gasteiger partial charge in [-0.2, -0.15) is 0 Å². The molecule has 1 aromatic carbocycles. The molecule has 1 saturated carbocycles. The summed E-state index contributed by atoms with van der Waals surface area (Å²) in [6, 6.07) is 7.63. The number of hydrogen-bond donors (Lipinski definition) is 2. The highest BCUT2D eigenvalue weighted by molar-refractivity contribution is 9.10. The first-order chi connectivity index (χ1) is 8.59. The number of hydrogen-bond acceptors (Lipinski definition) is 2. The molecule has 1 aliphatic rings. The molecular weight excluding hydrogens is 292 g/mol. The summed E-state index contributed by atoms with van der Waals surface area (Å²) in [5.41, 5.74) is 1.23. The van der Waals surface area contributed by atoms with Crippen LogP contribution in [0.25, 0.3) is 0 Å². The molecule has 2 N–H and O–H groups in total. The Kier molecular flexibility index (Phi) is 4.40. The molecule has 1 aromatic rings. The van der Waals surface area contributed by atoms with Crippen LogP contribution in [0.2, 0.25) is 0 Å². The van der Waals surface area contributed by atoms with Crippen molar-refractivity contribution in [3.63, 3.8) is 0 Å². The van der Waals surface area contributed by atoms with Gasteiger partial charge in [0.1, 0.15) is 0 Å². The van der Waals surface area contributed by atoms with Crippen molar-refractivity contribution in [1.29, 1.82) is 0 Å². The van der Waals surface area contributed by atoms with Crippen LogP contribution in [0.15, 0.2) is 28.7 Å². The van der Waals surface area contributed by atoms with Gasteiger partial charge in [0.15, 0.2) is 0 Å². The molecule has 0 unspecified atom stereocenters. The summed E-state index contributed by atoms with van der Waals surface area (Å²) in [4.78, 5) is 11.8. The van der Waals surface area contributed by atoms with Crippen molar-refractivity contribution < 1.29 is 4.79 Å². The summed E-state index contributed by atoms with van der Waals surface area (Å²) in [5.74, 6) is 0.00447. The van der Waals surface area contributed by atoms with E-state index >= 15 is 0 Å². The molecule has 3 nitrogen and oxygen atoms in total. The normalized spacial score (nSPS) is 17.0. The van der Waals surface area contributed by atoms with E-state index in [1.807, 2.05) is 24.3 Å². The van der Waals surface area contributed by atoms with Crippen LogP contribution < -0.4 is 10.6 Å². The highest BCUT2D eigenvalue weighted by atomic mass is 79.9. The van der Waals surface area contributed by atoms with Crippen LogP contribution in [-0.2, 0) is 4.79 Å². The van der Waals surface area contributed by atoms with Gasteiger partial charge in [-0.25, -0.2) is 0 Å². The van der Waals surface area contributed by atoms with Gasteiger partial charge in [-0.3, -0.25) is 4.79 Å². The van der Waals surface area contributed by atoms with Gasteiger partial charge in [0, 0.05) is 11.0 Å². The van der Waals surface area contributed by atoms with Crippen LogP contribution >= 0.6 is 15.9 Å². The van der Waals surface area contributed by atoms with E-state index in [-0.39, 0.29) is 5.91 Å². The number of nitrogens with one attached hydrogen (secondary N) is 2. The zero-order valence-corrected chi connectivity index (χ0v) is 12.2. The number of halogens is 1. The van der Waals surface area contributed by atoms with Crippen molar-refractivity contribution in [1.82, 2.24) is 5.32 Å². The van der Waals surface area contributed by atoms with Crippen LogP contribution in [0.5, 0.6) is 0 Å². The Morgan fingerprint density at radius 1 is 1.39 bits per heavy atom. The van der Waals surface area contributed by atoms with E-state index in [0.717, 1.165) is 16.7 Å². The first-order valence-electron chi connectivity index (χ1n) is 6.34. The molecule has 0 radical (unpaired) electrons. The number of anilines is 1. The van der Waals surface area contributed by atoms with Crippen molar-refractivity contribution in [3.8, 4) is 0 Å². The molecular formula is C14H19BrN2O. The second-order valence-corrected chi connectivity index (χ2v) is 6.15. The SMILES string of the molecule is CC1(CNCC(=O)Nc2ccccc2Br)CCC1. The summed E-state index contributed by atoms with van der Waals surface area (Å²) in [7, 11) is 0. The van der Waals surface area contributed by atoms with E-state index in [9.17, 15) is 4.79 Å². The molecule has 1 amide bonds. The third-order valence-electron chi connectivity index (χ3n) is 3.55. The summed E-state index contributed by atoms with van der Waals surface area (Å²) < 4.78 is 0.907. The number of para-hydroxylation sites is 1. The Hall–Kier alpha value is -0.870. The van der Waals surface area contributed by atoms with E-state index in [0.29, 0.717) is 12.0 Å². The zero-order valence-electron chi connectivity index (χ0n) is 10.6. The van der Waals surface area contributed by atoms with E-state index in [1.165, 1.54) is 19.3 Å². The fourth-order valence-corrected chi connectivity index (χ4v) is 2.58. The molecule has 4 heteroatoms. The maximum Gasteiger partial charge on any atom is 0.238 e. The predicted octanol–water partition coefficient (Wildman–Crippen LogP) is 3.17. The third-order valence-corrected chi connectivity index (χ3v) is 4.24. The van der Waals surface area contributed by atoms with Crippen molar-refractivity contribution in [2.45, 2.75) is 26.2 Å². The second-order valence-electron chi connectivity index (χ2n) is 5.30. The number of rotatable bonds is 5. The molecule has 0 spiro atoms. The molecule has 98 valence electrons. The van der Waals surface area contributed by atoms with Crippen molar-refractivity contribution in [2.24, 2.45) is 5.41 Å². The average molecular weight is 311 g/mol. The molecule has 1 aliphatic carbocycles. The molecule has 0 heterocycles. The van der Waals surface area contributed by atoms with Crippen LogP contribution in [-0.4, -0.2) is 19.0 Å². The van der Waals surface area contributed by atoms with E-state index in [2.05, 4.69) is 33.5 Å². The van der Waals surface area contributed by atoms with Gasteiger partial charge in [-0.05, 0) is 46.3 Å². The Bertz CT molecular complexity index is 430. The fraction of sp³-hybridized carbons (Fsp3) is 0.500. The van der Waals surface area contributed by atoms with Crippen LogP contribution in [0.4, 0.5) is 5.69 Å². The van der Waals surface area contributed by atoms with Gasteiger partial charge >= 0.3 is 0 Å². The minimum atomic E-state index is 0.00447. The molecule has 1 fully saturated rings. The Morgan fingerprint density at radius 3 is 2.72 bits per heavy atom. The number of carbonyl (C=O) groups is 1. The maximum atomic E-state index is 11.8. The fourth-order valence-electron chi connectivity index (χ4n) is 2.19. The zero-order chi connectivity index (χ0) is 13.0. The number of amides is 1. The Morgan fingerprint density at radius 2 is 2.11 bits per heavy atom. The largest absolute Gasteiger partial charge is 0.324 e. The lowest BCUT2D eigenvalue weighted by Crippen LogP contribution is -2.40.